The van der Waals surface area contributed by atoms with Crippen LogP contribution in [0.5, 0.6) is 0 Å². The molecule has 0 bridgehead atoms. The number of amides is 1. The van der Waals surface area contributed by atoms with Crippen molar-refractivity contribution in [2.24, 2.45) is 5.10 Å². The van der Waals surface area contributed by atoms with Gasteiger partial charge in [0.15, 0.2) is 5.16 Å². The van der Waals surface area contributed by atoms with Crippen LogP contribution in [0.2, 0.25) is 0 Å². The Kier molecular flexibility index (Phi) is 5.87. The number of hydrazone groups is 1. The maximum atomic E-state index is 13.2. The molecule has 1 aromatic carbocycles. The molecule has 8 heteroatoms. The van der Waals surface area contributed by atoms with Gasteiger partial charge in [-0.25, -0.2) is 15.0 Å². The molecule has 5 rings (SSSR count). The lowest BCUT2D eigenvalue weighted by molar-refractivity contribution is -0.130. The van der Waals surface area contributed by atoms with Crippen molar-refractivity contribution in [2.75, 3.05) is 5.75 Å². The number of thiophene rings is 1. The molecule has 0 saturated carbocycles. The van der Waals surface area contributed by atoms with Crippen molar-refractivity contribution in [1.82, 2.24) is 15.0 Å². The molecule has 1 unspecified atom stereocenters. The number of aryl methyl sites for hydroxylation is 1. The van der Waals surface area contributed by atoms with E-state index in [2.05, 4.69) is 15.1 Å². The van der Waals surface area contributed by atoms with Gasteiger partial charge in [-0.3, -0.25) is 4.79 Å². The van der Waals surface area contributed by atoms with Gasteiger partial charge in [0.2, 0.25) is 0 Å². The van der Waals surface area contributed by atoms with Crippen molar-refractivity contribution in [3.63, 3.8) is 0 Å². The lowest BCUT2D eigenvalue weighted by Crippen LogP contribution is -2.28. The molecule has 0 aliphatic carbocycles. The second-order valence-corrected chi connectivity index (χ2v) is 9.22. The van der Waals surface area contributed by atoms with Crippen molar-refractivity contribution in [3.05, 3.63) is 88.6 Å². The number of carbonyl (C=O) groups excluding carboxylic acids is 1. The Hall–Kier alpha value is -3.23. The molecule has 0 N–H and O–H groups in total. The summed E-state index contributed by atoms with van der Waals surface area (Å²) in [5.74, 6) is 0.821. The van der Waals surface area contributed by atoms with E-state index in [0.717, 1.165) is 33.3 Å². The molecule has 6 nitrogen and oxygen atoms in total. The van der Waals surface area contributed by atoms with Gasteiger partial charge >= 0.3 is 0 Å². The van der Waals surface area contributed by atoms with Crippen LogP contribution in [-0.2, 0) is 4.79 Å². The molecule has 1 aliphatic rings. The van der Waals surface area contributed by atoms with Crippen molar-refractivity contribution in [1.29, 1.82) is 0 Å². The van der Waals surface area contributed by atoms with Gasteiger partial charge in [-0.05, 0) is 36.6 Å². The monoisotopic (exact) mass is 460 g/mol. The minimum Gasteiger partial charge on any atom is -0.467 e. The largest absolute Gasteiger partial charge is 0.467 e. The Balaban J connectivity index is 1.35. The molecule has 4 aromatic rings. The maximum Gasteiger partial charge on any atom is 0.253 e. The van der Waals surface area contributed by atoms with E-state index < -0.39 is 0 Å². The molecule has 32 heavy (non-hydrogen) atoms. The molecular weight excluding hydrogens is 440 g/mol. The van der Waals surface area contributed by atoms with Crippen LogP contribution < -0.4 is 0 Å². The third-order valence-electron chi connectivity index (χ3n) is 5.07. The highest BCUT2D eigenvalue weighted by atomic mass is 32.2. The first-order valence-corrected chi connectivity index (χ1v) is 12.0. The van der Waals surface area contributed by atoms with Crippen LogP contribution in [0.4, 0.5) is 0 Å². The molecule has 1 atom stereocenters. The zero-order valence-electron chi connectivity index (χ0n) is 17.3. The molecule has 0 saturated heterocycles. The maximum absolute atomic E-state index is 13.2. The first kappa shape index (κ1) is 20.7. The fourth-order valence-electron chi connectivity index (χ4n) is 3.59. The lowest BCUT2D eigenvalue weighted by atomic mass is 10.1. The molecule has 3 aromatic heterocycles. The predicted octanol–water partition coefficient (Wildman–Crippen LogP) is 5.58. The van der Waals surface area contributed by atoms with Crippen molar-refractivity contribution in [2.45, 2.75) is 24.5 Å². The van der Waals surface area contributed by atoms with E-state index in [4.69, 9.17) is 4.42 Å². The van der Waals surface area contributed by atoms with Crippen LogP contribution >= 0.6 is 23.1 Å². The summed E-state index contributed by atoms with van der Waals surface area (Å²) in [6.07, 6.45) is 2.26. The van der Waals surface area contributed by atoms with Crippen molar-refractivity contribution in [3.8, 4) is 11.3 Å². The number of thioether (sulfide) groups is 1. The quantitative estimate of drug-likeness (QED) is 0.278. The first-order chi connectivity index (χ1) is 15.7. The number of carbonyl (C=O) groups is 1. The number of aromatic nitrogens is 2. The third-order valence-corrected chi connectivity index (χ3v) is 6.82. The number of hydrogen-bond donors (Lipinski definition) is 0. The summed E-state index contributed by atoms with van der Waals surface area (Å²) >= 11 is 2.95. The Labute approximate surface area is 194 Å². The Bertz CT molecular complexity index is 1240. The van der Waals surface area contributed by atoms with Crippen molar-refractivity contribution >= 4 is 34.7 Å². The lowest BCUT2D eigenvalue weighted by Gasteiger charge is -2.19. The first-order valence-electron chi connectivity index (χ1n) is 10.2. The predicted molar refractivity (Wildman–Crippen MR) is 127 cm³/mol. The summed E-state index contributed by atoms with van der Waals surface area (Å²) in [5, 5.41) is 8.80. The molecule has 4 heterocycles. The average Bonchev–Trinajstić information content (AvgIpc) is 3.58. The SMILES string of the molecule is Cc1cc(-c2ccccc2)nc(SCC(=O)N2N=C(c3cccs3)CC2c2ccco2)n1. The average molecular weight is 461 g/mol. The van der Waals surface area contributed by atoms with Crippen LogP contribution in [0.25, 0.3) is 11.3 Å². The number of benzene rings is 1. The highest BCUT2D eigenvalue weighted by Crippen LogP contribution is 2.34. The third kappa shape index (κ3) is 4.37. The van der Waals surface area contributed by atoms with Crippen LogP contribution in [-0.4, -0.2) is 32.3 Å². The Morgan fingerprint density at radius 1 is 1.16 bits per heavy atom. The number of furan rings is 1. The van der Waals surface area contributed by atoms with E-state index in [1.54, 1.807) is 22.6 Å². The number of hydrogen-bond acceptors (Lipinski definition) is 7. The standard InChI is InChI=1S/C24H20N4O2S2/c1-16-13-18(17-7-3-2-4-8-17)26-24(25-16)32-15-23(29)28-20(21-9-5-11-30-21)14-19(27-28)22-10-6-12-31-22/h2-13,20H,14-15H2,1H3. The van der Waals surface area contributed by atoms with Gasteiger partial charge in [0, 0.05) is 17.7 Å². The summed E-state index contributed by atoms with van der Waals surface area (Å²) in [6.45, 7) is 1.94. The zero-order chi connectivity index (χ0) is 21.9. The second kappa shape index (κ2) is 9.10. The minimum absolute atomic E-state index is 0.102. The van der Waals surface area contributed by atoms with Gasteiger partial charge in [-0.2, -0.15) is 5.10 Å². The molecule has 160 valence electrons. The van der Waals surface area contributed by atoms with E-state index in [0.29, 0.717) is 11.6 Å². The summed E-state index contributed by atoms with van der Waals surface area (Å²) in [7, 11) is 0. The topological polar surface area (TPSA) is 71.6 Å². The Morgan fingerprint density at radius 3 is 2.78 bits per heavy atom. The van der Waals surface area contributed by atoms with E-state index in [9.17, 15) is 4.79 Å². The van der Waals surface area contributed by atoms with E-state index in [-0.39, 0.29) is 17.7 Å². The smallest absolute Gasteiger partial charge is 0.253 e. The normalized spacial score (nSPS) is 15.7. The van der Waals surface area contributed by atoms with Crippen LogP contribution in [0, 0.1) is 6.92 Å². The van der Waals surface area contributed by atoms with Gasteiger partial charge in [-0.1, -0.05) is 48.2 Å². The van der Waals surface area contributed by atoms with Gasteiger partial charge in [0.05, 0.1) is 28.3 Å². The molecule has 0 fully saturated rings. The highest BCUT2D eigenvalue weighted by molar-refractivity contribution is 7.99. The second-order valence-electron chi connectivity index (χ2n) is 7.33. The fourth-order valence-corrected chi connectivity index (χ4v) is 5.07. The minimum atomic E-state index is -0.242. The highest BCUT2D eigenvalue weighted by Gasteiger charge is 2.35. The van der Waals surface area contributed by atoms with E-state index in [1.165, 1.54) is 11.8 Å². The number of rotatable bonds is 6. The van der Waals surface area contributed by atoms with Gasteiger partial charge in [0.25, 0.3) is 5.91 Å². The van der Waals surface area contributed by atoms with Crippen LogP contribution in [0.3, 0.4) is 0 Å². The van der Waals surface area contributed by atoms with E-state index in [1.807, 2.05) is 73.0 Å². The van der Waals surface area contributed by atoms with Gasteiger partial charge < -0.3 is 4.42 Å². The van der Waals surface area contributed by atoms with Gasteiger partial charge in [0.1, 0.15) is 11.8 Å². The van der Waals surface area contributed by atoms with E-state index >= 15 is 0 Å². The van der Waals surface area contributed by atoms with Crippen molar-refractivity contribution < 1.29 is 9.21 Å². The summed E-state index contributed by atoms with van der Waals surface area (Å²) in [6, 6.07) is 19.4. The molecular formula is C24H20N4O2S2. The van der Waals surface area contributed by atoms with Crippen LogP contribution in [0.15, 0.2) is 87.0 Å². The molecule has 1 aliphatic heterocycles. The van der Waals surface area contributed by atoms with Crippen LogP contribution in [0.1, 0.15) is 28.8 Å². The summed E-state index contributed by atoms with van der Waals surface area (Å²) < 4.78 is 5.61. The Morgan fingerprint density at radius 2 is 2.03 bits per heavy atom. The fraction of sp³-hybridized carbons (Fsp3) is 0.167. The molecule has 0 spiro atoms. The summed E-state index contributed by atoms with van der Waals surface area (Å²) in [4.78, 5) is 23.4. The number of nitrogens with zero attached hydrogens (tertiary/aromatic N) is 4. The summed E-state index contributed by atoms with van der Waals surface area (Å²) in [5.41, 5.74) is 3.63. The molecule has 0 radical (unpaired) electrons. The molecule has 1 amide bonds. The zero-order valence-corrected chi connectivity index (χ0v) is 19.0. The van der Waals surface area contributed by atoms with Gasteiger partial charge in [-0.15, -0.1) is 11.3 Å².